The molecule has 156 valence electrons. The fourth-order valence-corrected chi connectivity index (χ4v) is 3.29. The zero-order valence-corrected chi connectivity index (χ0v) is 16.5. The highest BCUT2D eigenvalue weighted by molar-refractivity contribution is 5.80. The van der Waals surface area contributed by atoms with Crippen LogP contribution in [0.15, 0.2) is 77.6 Å². The van der Waals surface area contributed by atoms with E-state index in [9.17, 15) is 13.6 Å². The van der Waals surface area contributed by atoms with Crippen LogP contribution in [-0.2, 0) is 0 Å². The minimum Gasteiger partial charge on any atom is -0.493 e. The quantitative estimate of drug-likeness (QED) is 0.432. The predicted molar refractivity (Wildman–Crippen MR) is 116 cm³/mol. The minimum absolute atomic E-state index is 0.0920. The molecular weight excluding hydrogens is 402 g/mol. The zero-order valence-electron chi connectivity index (χ0n) is 16.5. The van der Waals surface area contributed by atoms with Crippen LogP contribution >= 0.6 is 0 Å². The van der Waals surface area contributed by atoms with Crippen molar-refractivity contribution in [1.82, 2.24) is 9.55 Å². The Balaban J connectivity index is 1.90. The number of methoxy groups -OCH3 is 1. The lowest BCUT2D eigenvalue weighted by Gasteiger charge is -2.13. The van der Waals surface area contributed by atoms with Crippen molar-refractivity contribution in [3.63, 3.8) is 0 Å². The van der Waals surface area contributed by atoms with Crippen LogP contribution in [0.5, 0.6) is 11.5 Å². The molecule has 0 radical (unpaired) electrons. The first-order valence-electron chi connectivity index (χ1n) is 9.45. The standard InChI is InChI=1S/C24H18F2N2O3/c1-30-20-13-7-8-16(22(20)31-24(25)26)14-15-21-27-19-12-6-5-11-18(19)23(29)28(21)17-9-3-2-4-10-17/h2-15,24H,1H3/b15-14+. The van der Waals surface area contributed by atoms with Gasteiger partial charge in [-0.25, -0.2) is 4.98 Å². The number of hydrogen-bond acceptors (Lipinski definition) is 4. The molecule has 4 aromatic rings. The number of benzene rings is 3. The summed E-state index contributed by atoms with van der Waals surface area (Å²) in [7, 11) is 1.37. The van der Waals surface area contributed by atoms with Gasteiger partial charge < -0.3 is 9.47 Å². The number of alkyl halides is 2. The molecule has 0 spiro atoms. The second kappa shape index (κ2) is 8.79. The molecule has 0 aliphatic rings. The van der Waals surface area contributed by atoms with Crippen molar-refractivity contribution in [2.45, 2.75) is 6.61 Å². The van der Waals surface area contributed by atoms with Crippen molar-refractivity contribution in [2.24, 2.45) is 0 Å². The van der Waals surface area contributed by atoms with Crippen LogP contribution in [0.2, 0.25) is 0 Å². The van der Waals surface area contributed by atoms with Gasteiger partial charge in [-0.3, -0.25) is 9.36 Å². The molecule has 3 aromatic carbocycles. The smallest absolute Gasteiger partial charge is 0.387 e. The maximum Gasteiger partial charge on any atom is 0.387 e. The molecule has 0 atom stereocenters. The van der Waals surface area contributed by atoms with Gasteiger partial charge in [0, 0.05) is 5.56 Å². The Morgan fingerprint density at radius 2 is 1.68 bits per heavy atom. The molecular formula is C24H18F2N2O3. The van der Waals surface area contributed by atoms with Crippen molar-refractivity contribution < 1.29 is 18.3 Å². The van der Waals surface area contributed by atoms with Crippen molar-refractivity contribution in [2.75, 3.05) is 7.11 Å². The van der Waals surface area contributed by atoms with Crippen LogP contribution in [0.4, 0.5) is 8.78 Å². The second-order valence-electron chi connectivity index (χ2n) is 6.55. The molecule has 1 heterocycles. The van der Waals surface area contributed by atoms with E-state index < -0.39 is 6.61 Å². The Morgan fingerprint density at radius 3 is 2.42 bits per heavy atom. The lowest BCUT2D eigenvalue weighted by molar-refractivity contribution is -0.0513. The highest BCUT2D eigenvalue weighted by Crippen LogP contribution is 2.33. The van der Waals surface area contributed by atoms with Crippen molar-refractivity contribution in [1.29, 1.82) is 0 Å². The Labute approximate surface area is 176 Å². The van der Waals surface area contributed by atoms with Gasteiger partial charge in [0.2, 0.25) is 0 Å². The van der Waals surface area contributed by atoms with Gasteiger partial charge in [0.15, 0.2) is 11.5 Å². The maximum absolute atomic E-state index is 13.2. The molecule has 31 heavy (non-hydrogen) atoms. The number of para-hydroxylation sites is 3. The maximum atomic E-state index is 13.2. The van der Waals surface area contributed by atoms with E-state index in [1.165, 1.54) is 17.7 Å². The molecule has 0 N–H and O–H groups in total. The van der Waals surface area contributed by atoms with E-state index in [4.69, 9.17) is 4.74 Å². The SMILES string of the molecule is COc1cccc(/C=C/c2nc3ccccc3c(=O)n2-c2ccccc2)c1OC(F)F. The topological polar surface area (TPSA) is 53.3 Å². The van der Waals surface area contributed by atoms with Crippen LogP contribution in [0.1, 0.15) is 11.4 Å². The Kier molecular flexibility index (Phi) is 5.75. The van der Waals surface area contributed by atoms with Gasteiger partial charge in [0.1, 0.15) is 5.82 Å². The molecule has 1 aromatic heterocycles. The Bertz CT molecular complexity index is 1300. The number of halogens is 2. The molecule has 5 nitrogen and oxygen atoms in total. The largest absolute Gasteiger partial charge is 0.493 e. The minimum atomic E-state index is -3.01. The number of fused-ring (bicyclic) bond motifs is 1. The Hall–Kier alpha value is -4.00. The van der Waals surface area contributed by atoms with Gasteiger partial charge in [-0.05, 0) is 42.5 Å². The van der Waals surface area contributed by atoms with Gasteiger partial charge in [-0.2, -0.15) is 8.78 Å². The van der Waals surface area contributed by atoms with Gasteiger partial charge in [0.25, 0.3) is 5.56 Å². The van der Waals surface area contributed by atoms with E-state index in [-0.39, 0.29) is 17.1 Å². The average molecular weight is 420 g/mol. The third-order valence-electron chi connectivity index (χ3n) is 4.66. The molecule has 0 saturated carbocycles. The number of hydrogen-bond donors (Lipinski definition) is 0. The first-order valence-corrected chi connectivity index (χ1v) is 9.45. The number of rotatable bonds is 6. The van der Waals surface area contributed by atoms with Gasteiger partial charge in [-0.1, -0.05) is 42.5 Å². The van der Waals surface area contributed by atoms with E-state index in [0.717, 1.165) is 0 Å². The molecule has 0 unspecified atom stereocenters. The fraction of sp³-hybridized carbons (Fsp3) is 0.0833. The lowest BCUT2D eigenvalue weighted by atomic mass is 10.1. The van der Waals surface area contributed by atoms with Crippen LogP contribution in [0.3, 0.4) is 0 Å². The predicted octanol–water partition coefficient (Wildman–Crippen LogP) is 5.17. The van der Waals surface area contributed by atoms with Gasteiger partial charge >= 0.3 is 6.61 Å². The van der Waals surface area contributed by atoms with Gasteiger partial charge in [0.05, 0.1) is 23.7 Å². The summed E-state index contributed by atoms with van der Waals surface area (Å²) in [6.07, 6.45) is 3.16. The highest BCUT2D eigenvalue weighted by Gasteiger charge is 2.15. The Morgan fingerprint density at radius 1 is 0.935 bits per heavy atom. The van der Waals surface area contributed by atoms with Crippen LogP contribution in [0, 0.1) is 0 Å². The van der Waals surface area contributed by atoms with Crippen LogP contribution < -0.4 is 15.0 Å². The summed E-state index contributed by atoms with van der Waals surface area (Å²) in [5.74, 6) is 0.431. The summed E-state index contributed by atoms with van der Waals surface area (Å²) in [6.45, 7) is -3.01. The van der Waals surface area contributed by atoms with E-state index in [2.05, 4.69) is 9.72 Å². The normalized spacial score (nSPS) is 11.4. The third-order valence-corrected chi connectivity index (χ3v) is 4.66. The van der Waals surface area contributed by atoms with Crippen molar-refractivity contribution >= 4 is 23.1 Å². The molecule has 0 aliphatic carbocycles. The average Bonchev–Trinajstić information content (AvgIpc) is 2.78. The molecule has 7 heteroatoms. The summed E-state index contributed by atoms with van der Waals surface area (Å²) >= 11 is 0. The first kappa shape index (κ1) is 20.3. The van der Waals surface area contributed by atoms with E-state index in [1.807, 2.05) is 18.2 Å². The third kappa shape index (κ3) is 4.16. The van der Waals surface area contributed by atoms with E-state index >= 15 is 0 Å². The van der Waals surface area contributed by atoms with Crippen LogP contribution in [-0.4, -0.2) is 23.3 Å². The summed E-state index contributed by atoms with van der Waals surface area (Å²) in [6, 6.07) is 20.9. The number of aromatic nitrogens is 2. The van der Waals surface area contributed by atoms with Crippen molar-refractivity contribution in [3.05, 3.63) is 94.5 Å². The zero-order chi connectivity index (χ0) is 21.8. The molecule has 0 amide bonds. The molecule has 0 fully saturated rings. The molecule has 0 saturated heterocycles. The first-order chi connectivity index (χ1) is 15.1. The molecule has 4 rings (SSSR count). The van der Waals surface area contributed by atoms with Gasteiger partial charge in [-0.15, -0.1) is 0 Å². The summed E-state index contributed by atoms with van der Waals surface area (Å²) in [5.41, 5.74) is 1.31. The summed E-state index contributed by atoms with van der Waals surface area (Å²) < 4.78 is 37.2. The summed E-state index contributed by atoms with van der Waals surface area (Å²) in [5, 5.41) is 0.478. The fourth-order valence-electron chi connectivity index (χ4n) is 3.29. The number of ether oxygens (including phenoxy) is 2. The summed E-state index contributed by atoms with van der Waals surface area (Å²) in [4.78, 5) is 17.8. The molecule has 0 bridgehead atoms. The van der Waals surface area contributed by atoms with Crippen LogP contribution in [0.25, 0.3) is 28.7 Å². The van der Waals surface area contributed by atoms with E-state index in [1.54, 1.807) is 60.7 Å². The van der Waals surface area contributed by atoms with Crippen molar-refractivity contribution in [3.8, 4) is 17.2 Å². The lowest BCUT2D eigenvalue weighted by Crippen LogP contribution is -2.22. The van der Waals surface area contributed by atoms with E-state index in [0.29, 0.717) is 28.0 Å². The monoisotopic (exact) mass is 420 g/mol. The highest BCUT2D eigenvalue weighted by atomic mass is 19.3. The molecule has 0 aliphatic heterocycles. The number of nitrogens with zero attached hydrogens (tertiary/aromatic N) is 2. The second-order valence-corrected chi connectivity index (χ2v) is 6.55.